The highest BCUT2D eigenvalue weighted by Gasteiger charge is 2.35. The van der Waals surface area contributed by atoms with Gasteiger partial charge in [0, 0.05) is 11.6 Å². The maximum atomic E-state index is 2.68. The summed E-state index contributed by atoms with van der Waals surface area (Å²) < 4.78 is 0. The number of nitrogens with zero attached hydrogens (tertiary/aromatic N) is 1. The SMILES string of the molecule is CCC(C)(C)N1CCCC1c1ccccc1. The number of likely N-dealkylation sites (tertiary alicyclic amines) is 1. The second-order valence-electron chi connectivity index (χ2n) is 5.43. The van der Waals surface area contributed by atoms with Crippen molar-refractivity contribution in [3.8, 4) is 0 Å². The molecular formula is C15H23N. The minimum atomic E-state index is 0.330. The Balaban J connectivity index is 2.22. The lowest BCUT2D eigenvalue weighted by Crippen LogP contribution is -2.42. The molecule has 0 radical (unpaired) electrons. The van der Waals surface area contributed by atoms with Crippen LogP contribution in [-0.4, -0.2) is 17.0 Å². The molecular weight excluding hydrogens is 194 g/mol. The molecule has 88 valence electrons. The molecule has 1 heterocycles. The van der Waals surface area contributed by atoms with Crippen LogP contribution in [0.25, 0.3) is 0 Å². The molecule has 0 N–H and O–H groups in total. The molecule has 1 atom stereocenters. The van der Waals surface area contributed by atoms with Crippen LogP contribution in [0.2, 0.25) is 0 Å². The lowest BCUT2D eigenvalue weighted by Gasteiger charge is -2.39. The van der Waals surface area contributed by atoms with Gasteiger partial charge in [-0.05, 0) is 45.2 Å². The Morgan fingerprint density at radius 1 is 1.25 bits per heavy atom. The van der Waals surface area contributed by atoms with Gasteiger partial charge in [0.05, 0.1) is 0 Å². The molecule has 1 heteroatoms. The number of hydrogen-bond donors (Lipinski definition) is 0. The summed E-state index contributed by atoms with van der Waals surface area (Å²) in [5, 5.41) is 0. The average molecular weight is 217 g/mol. The maximum Gasteiger partial charge on any atom is 0.0353 e. The molecule has 1 saturated heterocycles. The van der Waals surface area contributed by atoms with Crippen molar-refractivity contribution in [1.29, 1.82) is 0 Å². The molecule has 0 bridgehead atoms. The molecule has 16 heavy (non-hydrogen) atoms. The molecule has 1 fully saturated rings. The number of benzene rings is 1. The van der Waals surface area contributed by atoms with Gasteiger partial charge in [-0.15, -0.1) is 0 Å². The molecule has 1 aromatic rings. The Labute approximate surface area is 99.5 Å². The van der Waals surface area contributed by atoms with Crippen LogP contribution in [0.5, 0.6) is 0 Å². The Hall–Kier alpha value is -0.820. The minimum absolute atomic E-state index is 0.330. The molecule has 1 aliphatic heterocycles. The molecule has 1 nitrogen and oxygen atoms in total. The fraction of sp³-hybridized carbons (Fsp3) is 0.600. The molecule has 2 rings (SSSR count). The summed E-state index contributed by atoms with van der Waals surface area (Å²) in [4.78, 5) is 2.68. The fourth-order valence-electron chi connectivity index (χ4n) is 2.72. The van der Waals surface area contributed by atoms with Crippen LogP contribution < -0.4 is 0 Å². The summed E-state index contributed by atoms with van der Waals surface area (Å²) in [7, 11) is 0. The van der Waals surface area contributed by atoms with E-state index in [0.717, 1.165) is 0 Å². The first-order valence-electron chi connectivity index (χ1n) is 6.47. The monoisotopic (exact) mass is 217 g/mol. The number of rotatable bonds is 3. The van der Waals surface area contributed by atoms with E-state index < -0.39 is 0 Å². The summed E-state index contributed by atoms with van der Waals surface area (Å²) >= 11 is 0. The van der Waals surface area contributed by atoms with E-state index in [1.807, 2.05) is 0 Å². The summed E-state index contributed by atoms with van der Waals surface area (Å²) in [6, 6.07) is 11.6. The zero-order valence-corrected chi connectivity index (χ0v) is 10.7. The van der Waals surface area contributed by atoms with E-state index in [1.54, 1.807) is 0 Å². The zero-order chi connectivity index (χ0) is 11.6. The van der Waals surface area contributed by atoms with Gasteiger partial charge in [0.25, 0.3) is 0 Å². The van der Waals surface area contributed by atoms with Gasteiger partial charge >= 0.3 is 0 Å². The first-order chi connectivity index (χ1) is 7.65. The average Bonchev–Trinajstić information content (AvgIpc) is 2.80. The van der Waals surface area contributed by atoms with Crippen LogP contribution in [-0.2, 0) is 0 Å². The molecule has 0 saturated carbocycles. The van der Waals surface area contributed by atoms with Gasteiger partial charge in [-0.25, -0.2) is 0 Å². The van der Waals surface area contributed by atoms with Crippen LogP contribution in [0.15, 0.2) is 30.3 Å². The predicted octanol–water partition coefficient (Wildman–Crippen LogP) is 4.01. The third-order valence-corrected chi connectivity index (χ3v) is 4.08. The lowest BCUT2D eigenvalue weighted by atomic mass is 9.95. The van der Waals surface area contributed by atoms with E-state index in [4.69, 9.17) is 0 Å². The first-order valence-corrected chi connectivity index (χ1v) is 6.47. The van der Waals surface area contributed by atoms with Gasteiger partial charge < -0.3 is 0 Å². The van der Waals surface area contributed by atoms with Crippen molar-refractivity contribution >= 4 is 0 Å². The highest BCUT2D eigenvalue weighted by atomic mass is 15.2. The van der Waals surface area contributed by atoms with Crippen molar-refractivity contribution in [3.63, 3.8) is 0 Å². The smallest absolute Gasteiger partial charge is 0.0353 e. The Morgan fingerprint density at radius 3 is 2.56 bits per heavy atom. The van der Waals surface area contributed by atoms with Crippen LogP contribution >= 0.6 is 0 Å². The maximum absolute atomic E-state index is 2.68. The normalized spacial score (nSPS) is 22.6. The Kier molecular flexibility index (Phi) is 3.34. The van der Waals surface area contributed by atoms with E-state index in [1.165, 1.54) is 31.4 Å². The summed E-state index contributed by atoms with van der Waals surface area (Å²) in [5.41, 5.74) is 1.82. The molecule has 1 aliphatic rings. The van der Waals surface area contributed by atoms with E-state index >= 15 is 0 Å². The van der Waals surface area contributed by atoms with Crippen molar-refractivity contribution in [3.05, 3.63) is 35.9 Å². The van der Waals surface area contributed by atoms with Gasteiger partial charge in [-0.3, -0.25) is 4.90 Å². The summed E-state index contributed by atoms with van der Waals surface area (Å²) in [6.45, 7) is 8.28. The Morgan fingerprint density at radius 2 is 1.94 bits per heavy atom. The minimum Gasteiger partial charge on any atom is -0.291 e. The van der Waals surface area contributed by atoms with Gasteiger partial charge in [0.15, 0.2) is 0 Å². The Bertz CT molecular complexity index is 329. The van der Waals surface area contributed by atoms with Crippen molar-refractivity contribution in [2.45, 2.75) is 51.6 Å². The van der Waals surface area contributed by atoms with Gasteiger partial charge in [-0.2, -0.15) is 0 Å². The number of hydrogen-bond acceptors (Lipinski definition) is 1. The van der Waals surface area contributed by atoms with Gasteiger partial charge in [0.1, 0.15) is 0 Å². The van der Waals surface area contributed by atoms with Crippen LogP contribution in [0.4, 0.5) is 0 Å². The molecule has 1 unspecified atom stereocenters. The predicted molar refractivity (Wildman–Crippen MR) is 69.5 cm³/mol. The molecule has 0 amide bonds. The summed E-state index contributed by atoms with van der Waals surface area (Å²) in [6.07, 6.45) is 3.87. The third kappa shape index (κ3) is 2.15. The van der Waals surface area contributed by atoms with Crippen molar-refractivity contribution in [2.24, 2.45) is 0 Å². The largest absolute Gasteiger partial charge is 0.291 e. The van der Waals surface area contributed by atoms with Crippen LogP contribution in [0, 0.1) is 0 Å². The van der Waals surface area contributed by atoms with E-state index in [-0.39, 0.29) is 0 Å². The van der Waals surface area contributed by atoms with Crippen LogP contribution in [0.3, 0.4) is 0 Å². The third-order valence-electron chi connectivity index (χ3n) is 4.08. The standard InChI is InChI=1S/C15H23N/c1-4-15(2,3)16-12-8-11-14(16)13-9-6-5-7-10-13/h5-7,9-10,14H,4,8,11-12H2,1-3H3. The van der Waals surface area contributed by atoms with Gasteiger partial charge in [0.2, 0.25) is 0 Å². The quantitative estimate of drug-likeness (QED) is 0.739. The summed E-state index contributed by atoms with van der Waals surface area (Å²) in [5.74, 6) is 0. The first kappa shape index (κ1) is 11.7. The van der Waals surface area contributed by atoms with Crippen molar-refractivity contribution < 1.29 is 0 Å². The van der Waals surface area contributed by atoms with E-state index in [0.29, 0.717) is 11.6 Å². The highest BCUT2D eigenvalue weighted by molar-refractivity contribution is 5.20. The van der Waals surface area contributed by atoms with Gasteiger partial charge in [-0.1, -0.05) is 37.3 Å². The van der Waals surface area contributed by atoms with Crippen LogP contribution in [0.1, 0.15) is 51.6 Å². The molecule has 0 aromatic heterocycles. The van der Waals surface area contributed by atoms with E-state index in [9.17, 15) is 0 Å². The zero-order valence-electron chi connectivity index (χ0n) is 10.7. The second-order valence-corrected chi connectivity index (χ2v) is 5.43. The molecule has 0 aliphatic carbocycles. The second kappa shape index (κ2) is 4.58. The lowest BCUT2D eigenvalue weighted by molar-refractivity contribution is 0.101. The fourth-order valence-corrected chi connectivity index (χ4v) is 2.72. The van der Waals surface area contributed by atoms with Crippen molar-refractivity contribution in [1.82, 2.24) is 4.90 Å². The molecule has 1 aromatic carbocycles. The molecule has 0 spiro atoms. The highest BCUT2D eigenvalue weighted by Crippen LogP contribution is 2.38. The van der Waals surface area contributed by atoms with Crippen molar-refractivity contribution in [2.75, 3.05) is 6.54 Å². The topological polar surface area (TPSA) is 3.24 Å². The van der Waals surface area contributed by atoms with E-state index in [2.05, 4.69) is 56.0 Å².